The third-order valence-electron chi connectivity index (χ3n) is 5.12. The zero-order valence-corrected chi connectivity index (χ0v) is 12.2. The zero-order chi connectivity index (χ0) is 13.6. The molecule has 0 N–H and O–H groups in total. The molecule has 0 amide bonds. The Hall–Kier alpha value is -0.660. The summed E-state index contributed by atoms with van der Waals surface area (Å²) in [5.74, 6) is 0.420. The Morgan fingerprint density at radius 1 is 0.833 bits per heavy atom. The molecule has 0 bridgehead atoms. The fraction of sp³-hybridized carbons (Fsp3) is 0.875. The molecular formula is C16H26O2. The third-order valence-corrected chi connectivity index (χ3v) is 5.12. The Morgan fingerprint density at radius 2 is 1.22 bits per heavy atom. The lowest BCUT2D eigenvalue weighted by atomic mass is 9.70. The van der Waals surface area contributed by atoms with E-state index in [2.05, 4.69) is 0 Å². The van der Waals surface area contributed by atoms with Crippen LogP contribution in [0.15, 0.2) is 0 Å². The Bertz CT molecular complexity index is 331. The molecule has 2 aliphatic carbocycles. The van der Waals surface area contributed by atoms with Gasteiger partial charge in [0.25, 0.3) is 0 Å². The van der Waals surface area contributed by atoms with Crippen LogP contribution < -0.4 is 0 Å². The van der Waals surface area contributed by atoms with Gasteiger partial charge in [0, 0.05) is 10.8 Å². The summed E-state index contributed by atoms with van der Waals surface area (Å²) in [6.45, 7) is 8.07. The first kappa shape index (κ1) is 13.8. The average molecular weight is 250 g/mol. The van der Waals surface area contributed by atoms with Gasteiger partial charge in [0.15, 0.2) is 0 Å². The normalized spacial score (nSPS) is 35.6. The topological polar surface area (TPSA) is 34.1 Å². The Kier molecular flexibility index (Phi) is 3.42. The summed E-state index contributed by atoms with van der Waals surface area (Å²) < 4.78 is 0. The van der Waals surface area contributed by atoms with E-state index in [0.29, 0.717) is 5.92 Å². The highest BCUT2D eigenvalue weighted by Gasteiger charge is 2.48. The lowest BCUT2D eigenvalue weighted by Crippen LogP contribution is -2.41. The molecule has 0 saturated heterocycles. The number of rotatable bonds is 0. The van der Waals surface area contributed by atoms with Crippen molar-refractivity contribution < 1.29 is 9.59 Å². The van der Waals surface area contributed by atoms with Gasteiger partial charge < -0.3 is 0 Å². The number of hydrogen-bond acceptors (Lipinski definition) is 2. The van der Waals surface area contributed by atoms with E-state index in [4.69, 9.17) is 0 Å². The summed E-state index contributed by atoms with van der Waals surface area (Å²) >= 11 is 0. The van der Waals surface area contributed by atoms with E-state index in [0.717, 1.165) is 38.5 Å². The highest BCUT2D eigenvalue weighted by atomic mass is 16.2. The van der Waals surface area contributed by atoms with Crippen molar-refractivity contribution >= 4 is 11.6 Å². The Labute approximate surface area is 111 Å². The molecule has 2 heteroatoms. The van der Waals surface area contributed by atoms with Crippen LogP contribution in [0.3, 0.4) is 0 Å². The molecule has 0 atom stereocenters. The smallest absolute Gasteiger partial charge is 0.149 e. The number of fused-ring (bicyclic) bond motifs is 1. The summed E-state index contributed by atoms with van der Waals surface area (Å²) in [4.78, 5) is 25.5. The molecule has 102 valence electrons. The van der Waals surface area contributed by atoms with Crippen LogP contribution in [0.2, 0.25) is 0 Å². The van der Waals surface area contributed by atoms with E-state index in [1.807, 2.05) is 27.7 Å². The summed E-state index contributed by atoms with van der Waals surface area (Å²) in [5, 5.41) is 0. The van der Waals surface area contributed by atoms with Gasteiger partial charge in [0.05, 0.1) is 5.92 Å². The maximum Gasteiger partial charge on any atom is 0.149 e. The van der Waals surface area contributed by atoms with E-state index in [-0.39, 0.29) is 28.3 Å². The van der Waals surface area contributed by atoms with Crippen LogP contribution in [0.25, 0.3) is 0 Å². The summed E-state index contributed by atoms with van der Waals surface area (Å²) in [6, 6.07) is 0. The lowest BCUT2D eigenvalue weighted by molar-refractivity contribution is -0.143. The van der Waals surface area contributed by atoms with Crippen molar-refractivity contribution in [2.45, 2.75) is 66.2 Å². The Morgan fingerprint density at radius 3 is 1.61 bits per heavy atom. The molecule has 0 radical (unpaired) electrons. The van der Waals surface area contributed by atoms with Crippen molar-refractivity contribution in [2.75, 3.05) is 0 Å². The van der Waals surface area contributed by atoms with Crippen LogP contribution in [0.1, 0.15) is 66.2 Å². The molecule has 2 saturated carbocycles. The van der Waals surface area contributed by atoms with E-state index >= 15 is 0 Å². The zero-order valence-electron chi connectivity index (χ0n) is 12.2. The standard InChI is InChI=1S/C16H26O2/c1-15(2)9-5-7-11-8-6-10-16(3,4)14(18)12(11)13(15)17/h11-12H,5-10H2,1-4H3. The van der Waals surface area contributed by atoms with Gasteiger partial charge in [0.2, 0.25) is 0 Å². The first-order valence-electron chi connectivity index (χ1n) is 7.34. The van der Waals surface area contributed by atoms with E-state index in [1.54, 1.807) is 0 Å². The summed E-state index contributed by atoms with van der Waals surface area (Å²) in [6.07, 6.45) is 6.17. The number of carbonyl (C=O) groups excluding carboxylic acids is 2. The average Bonchev–Trinajstić information content (AvgIpc) is 2.43. The molecule has 2 rings (SSSR count). The van der Waals surface area contributed by atoms with Gasteiger partial charge in [0.1, 0.15) is 11.6 Å². The molecule has 0 aromatic rings. The second-order valence-corrected chi connectivity index (χ2v) is 7.52. The summed E-state index contributed by atoms with van der Waals surface area (Å²) in [5.41, 5.74) is -0.620. The second kappa shape index (κ2) is 4.47. The van der Waals surface area contributed by atoms with Crippen LogP contribution in [-0.4, -0.2) is 11.6 Å². The Balaban J connectivity index is 2.39. The van der Waals surface area contributed by atoms with E-state index in [1.165, 1.54) is 0 Å². The maximum atomic E-state index is 12.7. The van der Waals surface area contributed by atoms with Gasteiger partial charge in [-0.25, -0.2) is 0 Å². The van der Waals surface area contributed by atoms with Gasteiger partial charge in [-0.05, 0) is 31.6 Å². The van der Waals surface area contributed by atoms with Crippen molar-refractivity contribution in [2.24, 2.45) is 22.7 Å². The van der Waals surface area contributed by atoms with E-state index in [9.17, 15) is 9.59 Å². The number of carbonyl (C=O) groups is 2. The minimum Gasteiger partial charge on any atom is -0.298 e. The van der Waals surface area contributed by atoms with Crippen molar-refractivity contribution in [3.05, 3.63) is 0 Å². The SMILES string of the molecule is CC1(C)CCCC2CCCC(C)(C)C(=O)C2C1=O. The first-order valence-corrected chi connectivity index (χ1v) is 7.34. The van der Waals surface area contributed by atoms with Crippen LogP contribution in [0, 0.1) is 22.7 Å². The van der Waals surface area contributed by atoms with Crippen LogP contribution in [0.5, 0.6) is 0 Å². The molecule has 0 aromatic heterocycles. The molecule has 0 unspecified atom stereocenters. The van der Waals surface area contributed by atoms with E-state index < -0.39 is 0 Å². The number of ketones is 2. The predicted molar refractivity (Wildman–Crippen MR) is 72.3 cm³/mol. The molecule has 2 nitrogen and oxygen atoms in total. The molecule has 2 fully saturated rings. The molecule has 2 aliphatic rings. The number of Topliss-reactive ketones (excluding diaryl/α,β-unsaturated/α-hetero) is 2. The molecule has 0 aromatic carbocycles. The monoisotopic (exact) mass is 250 g/mol. The fourth-order valence-corrected chi connectivity index (χ4v) is 3.73. The minimum absolute atomic E-state index is 0.213. The van der Waals surface area contributed by atoms with Gasteiger partial charge in [-0.15, -0.1) is 0 Å². The predicted octanol–water partition coefficient (Wildman–Crippen LogP) is 3.78. The van der Waals surface area contributed by atoms with Crippen LogP contribution in [0.4, 0.5) is 0 Å². The molecule has 18 heavy (non-hydrogen) atoms. The molecule has 0 aliphatic heterocycles. The maximum absolute atomic E-state index is 12.7. The van der Waals surface area contributed by atoms with Gasteiger partial charge in [-0.3, -0.25) is 9.59 Å². The third kappa shape index (κ3) is 2.26. The van der Waals surface area contributed by atoms with Crippen molar-refractivity contribution in [3.8, 4) is 0 Å². The van der Waals surface area contributed by atoms with Gasteiger partial charge in [-0.2, -0.15) is 0 Å². The summed E-state index contributed by atoms with van der Waals surface area (Å²) in [7, 11) is 0. The minimum atomic E-state index is -0.319. The second-order valence-electron chi connectivity index (χ2n) is 7.52. The largest absolute Gasteiger partial charge is 0.298 e. The van der Waals surface area contributed by atoms with Crippen molar-refractivity contribution in [1.82, 2.24) is 0 Å². The quantitative estimate of drug-likeness (QED) is 0.613. The van der Waals surface area contributed by atoms with Crippen molar-refractivity contribution in [1.29, 1.82) is 0 Å². The van der Waals surface area contributed by atoms with Gasteiger partial charge >= 0.3 is 0 Å². The number of hydrogen-bond donors (Lipinski definition) is 0. The molecule has 0 spiro atoms. The highest BCUT2D eigenvalue weighted by Crippen LogP contribution is 2.45. The lowest BCUT2D eigenvalue weighted by Gasteiger charge is -2.30. The molecule has 0 heterocycles. The van der Waals surface area contributed by atoms with Crippen LogP contribution >= 0.6 is 0 Å². The van der Waals surface area contributed by atoms with Crippen LogP contribution in [-0.2, 0) is 9.59 Å². The first-order chi connectivity index (χ1) is 8.26. The highest BCUT2D eigenvalue weighted by molar-refractivity contribution is 6.07. The molecular weight excluding hydrogens is 224 g/mol. The fourth-order valence-electron chi connectivity index (χ4n) is 3.73. The van der Waals surface area contributed by atoms with Crippen molar-refractivity contribution in [3.63, 3.8) is 0 Å². The van der Waals surface area contributed by atoms with Gasteiger partial charge in [-0.1, -0.05) is 40.5 Å².